The summed E-state index contributed by atoms with van der Waals surface area (Å²) in [7, 11) is 0. The van der Waals surface area contributed by atoms with Crippen molar-refractivity contribution in [2.75, 3.05) is 49.7 Å². The first-order valence-electron chi connectivity index (χ1n) is 11.3. The Labute approximate surface area is 206 Å². The number of hydrogen-bond acceptors (Lipinski definition) is 7. The molecular formula is C24H26FN5O6. The topological polar surface area (TPSA) is 158 Å². The zero-order valence-corrected chi connectivity index (χ0v) is 19.3. The molecule has 2 heterocycles. The molecule has 2 fully saturated rings. The Hall–Kier alpha value is -3.87. The third-order valence-corrected chi connectivity index (χ3v) is 5.93. The van der Waals surface area contributed by atoms with Crippen LogP contribution in [0.25, 0.3) is 0 Å². The van der Waals surface area contributed by atoms with E-state index in [4.69, 9.17) is 20.6 Å². The highest BCUT2D eigenvalue weighted by Crippen LogP contribution is 2.25. The lowest BCUT2D eigenvalue weighted by molar-refractivity contribution is -0.150. The minimum absolute atomic E-state index is 0.0121. The summed E-state index contributed by atoms with van der Waals surface area (Å²) in [6, 6.07) is 9.81. The second-order valence-corrected chi connectivity index (χ2v) is 8.28. The summed E-state index contributed by atoms with van der Waals surface area (Å²) in [6.07, 6.45) is -3.33. The van der Waals surface area contributed by atoms with Crippen LogP contribution in [0.1, 0.15) is 15.9 Å². The maximum Gasteiger partial charge on any atom is 0.259 e. The van der Waals surface area contributed by atoms with Crippen LogP contribution in [0.15, 0.2) is 42.5 Å². The summed E-state index contributed by atoms with van der Waals surface area (Å²) >= 11 is 0. The largest absolute Gasteiger partial charge is 0.384 e. The molecule has 2 aromatic carbocycles. The SMILES string of the molecule is N=C(N)c1ccc(NC(=O)C(O)C2OCCN(c3ccc(F)c(C(=O)N4CCOCC4)c3)C2=O)cc1. The van der Waals surface area contributed by atoms with Gasteiger partial charge in [-0.2, -0.15) is 0 Å². The highest BCUT2D eigenvalue weighted by molar-refractivity contribution is 6.05. The van der Waals surface area contributed by atoms with Crippen LogP contribution in [-0.4, -0.2) is 85.2 Å². The third-order valence-electron chi connectivity index (χ3n) is 5.93. The first kappa shape index (κ1) is 25.2. The van der Waals surface area contributed by atoms with E-state index in [9.17, 15) is 23.9 Å². The number of rotatable bonds is 6. The predicted octanol–water partition coefficient (Wildman–Crippen LogP) is 0.314. The number of benzene rings is 2. The van der Waals surface area contributed by atoms with Crippen LogP contribution in [-0.2, 0) is 19.1 Å². The van der Waals surface area contributed by atoms with E-state index >= 15 is 0 Å². The molecule has 3 amide bonds. The number of aliphatic hydroxyl groups is 1. The van der Waals surface area contributed by atoms with Gasteiger partial charge in [-0.05, 0) is 42.5 Å². The van der Waals surface area contributed by atoms with Crippen molar-refractivity contribution >= 4 is 34.9 Å². The van der Waals surface area contributed by atoms with E-state index in [1.54, 1.807) is 0 Å². The number of anilines is 2. The number of halogens is 1. The predicted molar refractivity (Wildman–Crippen MR) is 127 cm³/mol. The summed E-state index contributed by atoms with van der Waals surface area (Å²) < 4.78 is 25.1. The van der Waals surface area contributed by atoms with Gasteiger partial charge in [0.05, 0.1) is 25.4 Å². The Morgan fingerprint density at radius 3 is 2.47 bits per heavy atom. The molecule has 0 aromatic heterocycles. The Balaban J connectivity index is 1.47. The van der Waals surface area contributed by atoms with Gasteiger partial charge in [-0.1, -0.05) is 0 Å². The summed E-state index contributed by atoms with van der Waals surface area (Å²) in [4.78, 5) is 41.3. The first-order valence-corrected chi connectivity index (χ1v) is 11.3. The number of nitrogens with one attached hydrogen (secondary N) is 2. The quantitative estimate of drug-likeness (QED) is 0.329. The van der Waals surface area contributed by atoms with Crippen molar-refractivity contribution in [3.05, 3.63) is 59.4 Å². The van der Waals surface area contributed by atoms with Crippen LogP contribution < -0.4 is 16.0 Å². The zero-order valence-electron chi connectivity index (χ0n) is 19.3. The standard InChI is InChI=1S/C24H26FN5O6/c25-18-6-5-16(13-17(18)23(33)29-7-10-35-11-8-29)30-9-12-36-20(24(30)34)19(31)22(32)28-15-3-1-14(2-4-15)21(26)27/h1-6,13,19-20,31H,7-12H2,(H3,26,27)(H,28,32). The number of carbonyl (C=O) groups is 3. The molecule has 2 aliphatic rings. The van der Waals surface area contributed by atoms with Crippen LogP contribution in [0.4, 0.5) is 15.8 Å². The second kappa shape index (κ2) is 10.8. The molecule has 0 bridgehead atoms. The highest BCUT2D eigenvalue weighted by atomic mass is 19.1. The normalized spacial score (nSPS) is 19.1. The fraction of sp³-hybridized carbons (Fsp3) is 0.333. The lowest BCUT2D eigenvalue weighted by Crippen LogP contribution is -2.55. The maximum absolute atomic E-state index is 14.5. The summed E-state index contributed by atoms with van der Waals surface area (Å²) in [5.41, 5.74) is 6.26. The number of amidine groups is 1. The van der Waals surface area contributed by atoms with E-state index in [0.29, 0.717) is 37.6 Å². The van der Waals surface area contributed by atoms with Gasteiger partial charge in [0.1, 0.15) is 11.7 Å². The fourth-order valence-corrected chi connectivity index (χ4v) is 3.96. The van der Waals surface area contributed by atoms with Crippen LogP contribution in [0, 0.1) is 11.2 Å². The zero-order chi connectivity index (χ0) is 25.8. The van der Waals surface area contributed by atoms with Crippen molar-refractivity contribution in [1.82, 2.24) is 4.90 Å². The maximum atomic E-state index is 14.5. The monoisotopic (exact) mass is 499 g/mol. The molecule has 2 saturated heterocycles. The van der Waals surface area contributed by atoms with Crippen LogP contribution >= 0.6 is 0 Å². The Bertz CT molecular complexity index is 1170. The molecule has 5 N–H and O–H groups in total. The van der Waals surface area contributed by atoms with Gasteiger partial charge in [-0.25, -0.2) is 4.39 Å². The number of nitrogen functional groups attached to an aromatic ring is 1. The highest BCUT2D eigenvalue weighted by Gasteiger charge is 2.39. The molecule has 11 nitrogen and oxygen atoms in total. The van der Waals surface area contributed by atoms with Crippen molar-refractivity contribution in [2.45, 2.75) is 12.2 Å². The van der Waals surface area contributed by atoms with E-state index in [0.717, 1.165) is 6.07 Å². The molecule has 2 atom stereocenters. The average Bonchev–Trinajstić information content (AvgIpc) is 2.89. The van der Waals surface area contributed by atoms with Crippen molar-refractivity contribution in [3.63, 3.8) is 0 Å². The molecule has 190 valence electrons. The Morgan fingerprint density at radius 1 is 1.11 bits per heavy atom. The summed E-state index contributed by atoms with van der Waals surface area (Å²) in [6.45, 7) is 1.49. The summed E-state index contributed by atoms with van der Waals surface area (Å²) in [5, 5.41) is 20.5. The van der Waals surface area contributed by atoms with Crippen molar-refractivity contribution in [1.29, 1.82) is 5.41 Å². The molecule has 0 spiro atoms. The van der Waals surface area contributed by atoms with Crippen molar-refractivity contribution in [2.24, 2.45) is 5.73 Å². The van der Waals surface area contributed by atoms with Gasteiger partial charge in [0, 0.05) is 36.6 Å². The van der Waals surface area contributed by atoms with Gasteiger partial charge in [-0.3, -0.25) is 19.8 Å². The number of morpholine rings is 2. The minimum atomic E-state index is -1.83. The van der Waals surface area contributed by atoms with Crippen LogP contribution in [0.5, 0.6) is 0 Å². The molecule has 0 radical (unpaired) electrons. The van der Waals surface area contributed by atoms with Gasteiger partial charge in [0.25, 0.3) is 17.7 Å². The van der Waals surface area contributed by atoms with E-state index in [-0.39, 0.29) is 30.2 Å². The van der Waals surface area contributed by atoms with E-state index < -0.39 is 35.7 Å². The number of amides is 3. The van der Waals surface area contributed by atoms with Crippen molar-refractivity contribution < 1.29 is 33.4 Å². The van der Waals surface area contributed by atoms with Crippen LogP contribution in [0.2, 0.25) is 0 Å². The van der Waals surface area contributed by atoms with Gasteiger partial charge >= 0.3 is 0 Å². The number of aliphatic hydroxyl groups excluding tert-OH is 1. The molecule has 2 aliphatic heterocycles. The van der Waals surface area contributed by atoms with Gasteiger partial charge in [0.15, 0.2) is 12.2 Å². The minimum Gasteiger partial charge on any atom is -0.384 e. The lowest BCUT2D eigenvalue weighted by atomic mass is 10.1. The second-order valence-electron chi connectivity index (χ2n) is 8.28. The smallest absolute Gasteiger partial charge is 0.259 e. The lowest BCUT2D eigenvalue weighted by Gasteiger charge is -2.34. The fourth-order valence-electron chi connectivity index (χ4n) is 3.96. The molecule has 2 aromatic rings. The number of ether oxygens (including phenoxy) is 2. The van der Waals surface area contributed by atoms with Gasteiger partial charge in [0.2, 0.25) is 0 Å². The molecule has 0 aliphatic carbocycles. The van der Waals surface area contributed by atoms with Crippen molar-refractivity contribution in [3.8, 4) is 0 Å². The third kappa shape index (κ3) is 5.35. The molecule has 2 unspecified atom stereocenters. The first-order chi connectivity index (χ1) is 17.3. The van der Waals surface area contributed by atoms with E-state index in [1.807, 2.05) is 0 Å². The molecular weight excluding hydrogens is 473 g/mol. The van der Waals surface area contributed by atoms with Crippen LogP contribution in [0.3, 0.4) is 0 Å². The van der Waals surface area contributed by atoms with Gasteiger partial charge < -0.3 is 35.4 Å². The number of carbonyl (C=O) groups excluding carboxylic acids is 3. The molecule has 4 rings (SSSR count). The Kier molecular flexibility index (Phi) is 7.58. The number of hydrogen-bond donors (Lipinski definition) is 4. The molecule has 36 heavy (non-hydrogen) atoms. The summed E-state index contributed by atoms with van der Waals surface area (Å²) in [5.74, 6) is -2.93. The number of nitrogens with zero attached hydrogens (tertiary/aromatic N) is 2. The van der Waals surface area contributed by atoms with E-state index in [2.05, 4.69) is 5.32 Å². The van der Waals surface area contributed by atoms with Gasteiger partial charge in [-0.15, -0.1) is 0 Å². The number of nitrogens with two attached hydrogens (primary N) is 1. The average molecular weight is 499 g/mol. The van der Waals surface area contributed by atoms with E-state index in [1.165, 1.54) is 46.2 Å². The Morgan fingerprint density at radius 2 is 1.81 bits per heavy atom. The molecule has 12 heteroatoms. The molecule has 0 saturated carbocycles.